The summed E-state index contributed by atoms with van der Waals surface area (Å²) in [5.74, 6) is 3.01. The van der Waals surface area contributed by atoms with Gasteiger partial charge in [-0.2, -0.15) is 0 Å². The van der Waals surface area contributed by atoms with Crippen LogP contribution in [0.1, 0.15) is 54.7 Å². The van der Waals surface area contributed by atoms with E-state index in [0.29, 0.717) is 5.92 Å². The van der Waals surface area contributed by atoms with Gasteiger partial charge in [0.1, 0.15) is 0 Å². The lowest BCUT2D eigenvalue weighted by molar-refractivity contribution is 0.381. The molecule has 0 aliphatic heterocycles. The van der Waals surface area contributed by atoms with Crippen molar-refractivity contribution in [1.82, 2.24) is 0 Å². The lowest BCUT2D eigenvalue weighted by Gasteiger charge is -2.28. The highest BCUT2D eigenvalue weighted by Crippen LogP contribution is 2.50. The van der Waals surface area contributed by atoms with E-state index in [2.05, 4.69) is 73.7 Å². The average Bonchev–Trinajstić information content (AvgIpc) is 2.99. The molecular formula is C22H24. The zero-order chi connectivity index (χ0) is 14.9. The van der Waals surface area contributed by atoms with Crippen molar-refractivity contribution in [3.8, 4) is 0 Å². The predicted molar refractivity (Wildman–Crippen MR) is 93.9 cm³/mol. The molecule has 0 bridgehead atoms. The van der Waals surface area contributed by atoms with Crippen LogP contribution < -0.4 is 0 Å². The molecule has 2 aromatic rings. The topological polar surface area (TPSA) is 0 Å². The van der Waals surface area contributed by atoms with E-state index in [9.17, 15) is 0 Å². The van der Waals surface area contributed by atoms with E-state index in [1.54, 1.807) is 5.56 Å². The van der Waals surface area contributed by atoms with Crippen LogP contribution in [0.5, 0.6) is 0 Å². The molecule has 1 saturated carbocycles. The van der Waals surface area contributed by atoms with Crippen LogP contribution in [0.4, 0.5) is 0 Å². The molecule has 0 radical (unpaired) electrons. The molecule has 0 heteroatoms. The molecule has 0 N–H and O–H groups in total. The van der Waals surface area contributed by atoms with Gasteiger partial charge in [-0.1, -0.05) is 73.7 Å². The van der Waals surface area contributed by atoms with Crippen molar-refractivity contribution in [3.63, 3.8) is 0 Å². The monoisotopic (exact) mass is 288 g/mol. The Morgan fingerprint density at radius 1 is 0.955 bits per heavy atom. The van der Waals surface area contributed by atoms with E-state index in [-0.39, 0.29) is 0 Å². The second kappa shape index (κ2) is 5.76. The third kappa shape index (κ3) is 2.41. The Morgan fingerprint density at radius 3 is 2.59 bits per heavy atom. The summed E-state index contributed by atoms with van der Waals surface area (Å²) < 4.78 is 0. The van der Waals surface area contributed by atoms with Crippen LogP contribution in [0.2, 0.25) is 0 Å². The van der Waals surface area contributed by atoms with Gasteiger partial charge in [0.05, 0.1) is 0 Å². The van der Waals surface area contributed by atoms with Gasteiger partial charge in [-0.05, 0) is 59.6 Å². The number of hydrogen-bond acceptors (Lipinski definition) is 0. The summed E-state index contributed by atoms with van der Waals surface area (Å²) in [4.78, 5) is 0. The Labute approximate surface area is 133 Å². The Balaban J connectivity index is 1.52. The molecule has 4 rings (SSSR count). The SMILES string of the molecule is CC(CC1CCC2c3ccccc3C=CC12)c1ccccc1. The van der Waals surface area contributed by atoms with Crippen LogP contribution >= 0.6 is 0 Å². The van der Waals surface area contributed by atoms with E-state index < -0.39 is 0 Å². The third-order valence-electron chi connectivity index (χ3n) is 5.78. The van der Waals surface area contributed by atoms with Crippen LogP contribution in [0.25, 0.3) is 6.08 Å². The molecule has 2 aliphatic carbocycles. The second-order valence-electron chi connectivity index (χ2n) is 7.06. The number of fused-ring (bicyclic) bond motifs is 3. The molecule has 22 heavy (non-hydrogen) atoms. The van der Waals surface area contributed by atoms with E-state index in [1.807, 2.05) is 0 Å². The molecule has 0 amide bonds. The minimum Gasteiger partial charge on any atom is -0.0799 e. The molecule has 112 valence electrons. The first-order valence-electron chi connectivity index (χ1n) is 8.65. The van der Waals surface area contributed by atoms with Gasteiger partial charge in [-0.15, -0.1) is 0 Å². The summed E-state index contributed by atoms with van der Waals surface area (Å²) in [6, 6.07) is 20.0. The number of allylic oxidation sites excluding steroid dienone is 1. The van der Waals surface area contributed by atoms with Crippen LogP contribution in [0.3, 0.4) is 0 Å². The zero-order valence-electron chi connectivity index (χ0n) is 13.3. The molecule has 0 aromatic heterocycles. The molecule has 0 nitrogen and oxygen atoms in total. The summed E-state index contributed by atoms with van der Waals surface area (Å²) in [6.07, 6.45) is 8.92. The molecule has 4 unspecified atom stereocenters. The normalized spacial score (nSPS) is 27.2. The maximum atomic E-state index is 2.50. The van der Waals surface area contributed by atoms with Gasteiger partial charge >= 0.3 is 0 Å². The number of rotatable bonds is 3. The molecule has 4 atom stereocenters. The van der Waals surface area contributed by atoms with Gasteiger partial charge in [0.15, 0.2) is 0 Å². The summed E-state index contributed by atoms with van der Waals surface area (Å²) >= 11 is 0. The van der Waals surface area contributed by atoms with E-state index >= 15 is 0 Å². The van der Waals surface area contributed by atoms with Gasteiger partial charge in [0.2, 0.25) is 0 Å². The molecule has 1 fully saturated rings. The van der Waals surface area contributed by atoms with Crippen molar-refractivity contribution in [3.05, 3.63) is 77.4 Å². The Morgan fingerprint density at radius 2 is 1.73 bits per heavy atom. The van der Waals surface area contributed by atoms with Crippen LogP contribution in [-0.4, -0.2) is 0 Å². The molecule has 0 saturated heterocycles. The fourth-order valence-corrected chi connectivity index (χ4v) is 4.62. The van der Waals surface area contributed by atoms with Crippen molar-refractivity contribution in [1.29, 1.82) is 0 Å². The highest BCUT2D eigenvalue weighted by Gasteiger charge is 2.38. The maximum absolute atomic E-state index is 2.50. The second-order valence-corrected chi connectivity index (χ2v) is 7.06. The smallest absolute Gasteiger partial charge is 0.00902 e. The van der Waals surface area contributed by atoms with Crippen LogP contribution in [0, 0.1) is 11.8 Å². The lowest BCUT2D eigenvalue weighted by Crippen LogP contribution is -2.16. The van der Waals surface area contributed by atoms with Gasteiger partial charge < -0.3 is 0 Å². The van der Waals surface area contributed by atoms with E-state index in [1.165, 1.54) is 30.4 Å². The van der Waals surface area contributed by atoms with Crippen molar-refractivity contribution >= 4 is 6.08 Å². The van der Waals surface area contributed by atoms with Crippen LogP contribution in [0.15, 0.2) is 60.7 Å². The zero-order valence-corrected chi connectivity index (χ0v) is 13.3. The quantitative estimate of drug-likeness (QED) is 0.648. The van der Waals surface area contributed by atoms with Crippen molar-refractivity contribution in [2.75, 3.05) is 0 Å². The summed E-state index contributed by atoms with van der Waals surface area (Å²) in [7, 11) is 0. The van der Waals surface area contributed by atoms with E-state index in [4.69, 9.17) is 0 Å². The highest BCUT2D eigenvalue weighted by molar-refractivity contribution is 5.59. The highest BCUT2D eigenvalue weighted by atomic mass is 14.4. The molecule has 2 aromatic carbocycles. The van der Waals surface area contributed by atoms with Crippen molar-refractivity contribution in [2.45, 2.75) is 38.0 Å². The number of hydrogen-bond donors (Lipinski definition) is 0. The first-order chi connectivity index (χ1) is 10.8. The first kappa shape index (κ1) is 13.8. The van der Waals surface area contributed by atoms with Crippen LogP contribution in [-0.2, 0) is 0 Å². The molecule has 0 spiro atoms. The Bertz CT molecular complexity index is 667. The summed E-state index contributed by atoms with van der Waals surface area (Å²) in [5, 5.41) is 0. The average molecular weight is 288 g/mol. The van der Waals surface area contributed by atoms with Crippen molar-refractivity contribution < 1.29 is 0 Å². The van der Waals surface area contributed by atoms with Gasteiger partial charge in [-0.25, -0.2) is 0 Å². The van der Waals surface area contributed by atoms with Crippen molar-refractivity contribution in [2.24, 2.45) is 11.8 Å². The van der Waals surface area contributed by atoms with Gasteiger partial charge in [-0.3, -0.25) is 0 Å². The van der Waals surface area contributed by atoms with Gasteiger partial charge in [0.25, 0.3) is 0 Å². The first-order valence-corrected chi connectivity index (χ1v) is 8.65. The maximum Gasteiger partial charge on any atom is -0.00902 e. The van der Waals surface area contributed by atoms with Gasteiger partial charge in [0, 0.05) is 0 Å². The standard InChI is InChI=1S/C22H24/c1-16(17-7-3-2-4-8-17)15-19-12-14-22-20-10-6-5-9-18(20)11-13-21(19)22/h2-11,13,16,19,21-22H,12,14-15H2,1H3. The minimum absolute atomic E-state index is 0.663. The number of benzene rings is 2. The Hall–Kier alpha value is -1.82. The minimum atomic E-state index is 0.663. The fraction of sp³-hybridized carbons (Fsp3) is 0.364. The molecule has 2 aliphatic rings. The lowest BCUT2D eigenvalue weighted by atomic mass is 9.76. The summed E-state index contributed by atoms with van der Waals surface area (Å²) in [5.41, 5.74) is 4.52. The van der Waals surface area contributed by atoms with E-state index in [0.717, 1.165) is 17.8 Å². The fourth-order valence-electron chi connectivity index (χ4n) is 4.62. The predicted octanol–water partition coefficient (Wildman–Crippen LogP) is 6.02. The summed E-state index contributed by atoms with van der Waals surface area (Å²) in [6.45, 7) is 2.39. The molecule has 0 heterocycles. The third-order valence-corrected chi connectivity index (χ3v) is 5.78. The largest absolute Gasteiger partial charge is 0.0799 e. The molecular weight excluding hydrogens is 264 g/mol. The Kier molecular flexibility index (Phi) is 3.62.